The smallest absolute Gasteiger partial charge is 0.255 e. The third-order valence-electron chi connectivity index (χ3n) is 3.83. The summed E-state index contributed by atoms with van der Waals surface area (Å²) >= 11 is 0. The molecule has 0 bridgehead atoms. The predicted molar refractivity (Wildman–Crippen MR) is 100 cm³/mol. The number of hydrogen-bond donors (Lipinski definition) is 1. The number of ether oxygens (including phenoxy) is 1. The Morgan fingerprint density at radius 2 is 1.88 bits per heavy atom. The fourth-order valence-corrected chi connectivity index (χ4v) is 2.24. The van der Waals surface area contributed by atoms with E-state index in [1.165, 1.54) is 11.8 Å². The molecule has 0 spiro atoms. The molecule has 0 atom stereocenters. The van der Waals surface area contributed by atoms with Gasteiger partial charge in [0, 0.05) is 30.9 Å². The van der Waals surface area contributed by atoms with Crippen LogP contribution in [-0.2, 0) is 4.79 Å². The maximum Gasteiger partial charge on any atom is 0.255 e. The van der Waals surface area contributed by atoms with Gasteiger partial charge in [0.25, 0.3) is 5.91 Å². The normalized spacial score (nSPS) is 10.2. The first-order chi connectivity index (χ1) is 12.0. The molecule has 0 saturated carbocycles. The van der Waals surface area contributed by atoms with Gasteiger partial charge < -0.3 is 15.0 Å². The lowest BCUT2D eigenvalue weighted by Gasteiger charge is -2.16. The first kappa shape index (κ1) is 18.5. The van der Waals surface area contributed by atoms with Crippen LogP contribution < -0.4 is 15.0 Å². The third kappa shape index (κ3) is 5.35. The Morgan fingerprint density at radius 3 is 2.60 bits per heavy atom. The molecule has 0 radical (unpaired) electrons. The van der Waals surface area contributed by atoms with Crippen LogP contribution in [-0.4, -0.2) is 25.5 Å². The van der Waals surface area contributed by atoms with Crippen molar-refractivity contribution in [3.05, 3.63) is 54.1 Å². The van der Waals surface area contributed by atoms with Crippen LogP contribution in [0.1, 0.15) is 37.0 Å². The number of nitrogens with zero attached hydrogens (tertiary/aromatic N) is 1. The first-order valence-corrected chi connectivity index (χ1v) is 8.40. The Balaban J connectivity index is 2.08. The highest BCUT2D eigenvalue weighted by molar-refractivity contribution is 6.05. The molecular weight excluding hydrogens is 316 g/mol. The van der Waals surface area contributed by atoms with Crippen molar-refractivity contribution in [2.24, 2.45) is 0 Å². The summed E-state index contributed by atoms with van der Waals surface area (Å²) in [5, 5.41) is 2.85. The van der Waals surface area contributed by atoms with Gasteiger partial charge in [0.15, 0.2) is 0 Å². The second kappa shape index (κ2) is 8.87. The Hall–Kier alpha value is -2.82. The zero-order chi connectivity index (χ0) is 18.2. The summed E-state index contributed by atoms with van der Waals surface area (Å²) in [6.45, 7) is 4.24. The highest BCUT2D eigenvalue weighted by Crippen LogP contribution is 2.20. The molecule has 0 aliphatic rings. The van der Waals surface area contributed by atoms with Crippen LogP contribution in [0.15, 0.2) is 48.5 Å². The molecule has 5 nitrogen and oxygen atoms in total. The molecule has 5 heteroatoms. The van der Waals surface area contributed by atoms with E-state index in [1.807, 2.05) is 12.1 Å². The number of unbranched alkanes of at least 4 members (excludes halogenated alkanes) is 1. The van der Waals surface area contributed by atoms with Gasteiger partial charge in [-0.05, 0) is 42.8 Å². The van der Waals surface area contributed by atoms with Gasteiger partial charge in [-0.3, -0.25) is 9.59 Å². The molecule has 0 heterocycles. The fraction of sp³-hybridized carbons (Fsp3) is 0.300. The highest BCUT2D eigenvalue weighted by Gasteiger charge is 2.10. The average Bonchev–Trinajstić information content (AvgIpc) is 2.61. The van der Waals surface area contributed by atoms with E-state index in [1.54, 1.807) is 43.4 Å². The molecule has 25 heavy (non-hydrogen) atoms. The van der Waals surface area contributed by atoms with E-state index in [2.05, 4.69) is 12.2 Å². The molecular formula is C20H24N2O3. The lowest BCUT2D eigenvalue weighted by atomic mass is 10.2. The minimum absolute atomic E-state index is 0.0691. The minimum Gasteiger partial charge on any atom is -0.494 e. The number of anilines is 2. The van der Waals surface area contributed by atoms with Crippen LogP contribution >= 0.6 is 0 Å². The van der Waals surface area contributed by atoms with E-state index >= 15 is 0 Å². The summed E-state index contributed by atoms with van der Waals surface area (Å²) in [6.07, 6.45) is 2.04. The lowest BCUT2D eigenvalue weighted by molar-refractivity contribution is -0.116. The Labute approximate surface area is 148 Å². The summed E-state index contributed by atoms with van der Waals surface area (Å²) in [5.74, 6) is 0.398. The fourth-order valence-electron chi connectivity index (χ4n) is 2.24. The van der Waals surface area contributed by atoms with Gasteiger partial charge in [0.1, 0.15) is 5.75 Å². The summed E-state index contributed by atoms with van der Waals surface area (Å²) < 4.78 is 5.64. The van der Waals surface area contributed by atoms with Crippen molar-refractivity contribution in [1.29, 1.82) is 0 Å². The van der Waals surface area contributed by atoms with E-state index in [-0.39, 0.29) is 11.8 Å². The van der Waals surface area contributed by atoms with Gasteiger partial charge in [0.2, 0.25) is 5.91 Å². The molecule has 0 fully saturated rings. The van der Waals surface area contributed by atoms with Gasteiger partial charge in [-0.25, -0.2) is 0 Å². The second-order valence-electron chi connectivity index (χ2n) is 5.81. The summed E-state index contributed by atoms with van der Waals surface area (Å²) in [4.78, 5) is 25.5. The van der Waals surface area contributed by atoms with E-state index in [0.29, 0.717) is 23.6 Å². The van der Waals surface area contributed by atoms with Crippen LogP contribution in [0.5, 0.6) is 5.75 Å². The SMILES string of the molecule is CCCCOc1cccc(C(=O)Nc2cccc(N(C)C(C)=O)c2)c1. The van der Waals surface area contributed by atoms with Crippen molar-refractivity contribution < 1.29 is 14.3 Å². The van der Waals surface area contributed by atoms with Gasteiger partial charge >= 0.3 is 0 Å². The van der Waals surface area contributed by atoms with Crippen molar-refractivity contribution >= 4 is 23.2 Å². The van der Waals surface area contributed by atoms with Gasteiger partial charge in [-0.1, -0.05) is 25.5 Å². The van der Waals surface area contributed by atoms with E-state index in [0.717, 1.165) is 18.5 Å². The predicted octanol–water partition coefficient (Wildman–Crippen LogP) is 4.10. The number of carbonyl (C=O) groups excluding carboxylic acids is 2. The minimum atomic E-state index is -0.219. The summed E-state index contributed by atoms with van der Waals surface area (Å²) in [6, 6.07) is 14.3. The van der Waals surface area contributed by atoms with Gasteiger partial charge in [-0.2, -0.15) is 0 Å². The monoisotopic (exact) mass is 340 g/mol. The van der Waals surface area contributed by atoms with Crippen molar-refractivity contribution in [3.8, 4) is 5.75 Å². The van der Waals surface area contributed by atoms with E-state index in [4.69, 9.17) is 4.74 Å². The summed E-state index contributed by atoms with van der Waals surface area (Å²) in [7, 11) is 1.69. The van der Waals surface area contributed by atoms with Crippen LogP contribution in [0.25, 0.3) is 0 Å². The van der Waals surface area contributed by atoms with Crippen LogP contribution in [0.3, 0.4) is 0 Å². The Bertz CT molecular complexity index is 743. The van der Waals surface area contributed by atoms with Crippen LogP contribution in [0.2, 0.25) is 0 Å². The molecule has 0 aromatic heterocycles. The summed E-state index contributed by atoms with van der Waals surface area (Å²) in [5.41, 5.74) is 1.88. The van der Waals surface area contributed by atoms with Crippen LogP contribution in [0, 0.1) is 0 Å². The van der Waals surface area contributed by atoms with Crippen molar-refractivity contribution in [1.82, 2.24) is 0 Å². The molecule has 1 N–H and O–H groups in total. The number of rotatable bonds is 7. The van der Waals surface area contributed by atoms with Gasteiger partial charge in [-0.15, -0.1) is 0 Å². The van der Waals surface area contributed by atoms with E-state index in [9.17, 15) is 9.59 Å². The molecule has 0 aliphatic carbocycles. The maximum absolute atomic E-state index is 12.5. The van der Waals surface area contributed by atoms with Crippen molar-refractivity contribution in [3.63, 3.8) is 0 Å². The number of hydrogen-bond acceptors (Lipinski definition) is 3. The number of amides is 2. The zero-order valence-corrected chi connectivity index (χ0v) is 14.9. The molecule has 0 saturated heterocycles. The molecule has 0 unspecified atom stereocenters. The molecule has 132 valence electrons. The van der Waals surface area contributed by atoms with Crippen molar-refractivity contribution in [2.45, 2.75) is 26.7 Å². The quantitative estimate of drug-likeness (QED) is 0.772. The van der Waals surface area contributed by atoms with Gasteiger partial charge in [0.05, 0.1) is 6.61 Å². The topological polar surface area (TPSA) is 58.6 Å². The standard InChI is InChI=1S/C20H24N2O3/c1-4-5-12-25-19-11-6-8-16(13-19)20(24)21-17-9-7-10-18(14-17)22(3)15(2)23/h6-11,13-14H,4-5,12H2,1-3H3,(H,21,24). The third-order valence-corrected chi connectivity index (χ3v) is 3.83. The zero-order valence-electron chi connectivity index (χ0n) is 14.9. The number of nitrogens with one attached hydrogen (secondary N) is 1. The average molecular weight is 340 g/mol. The molecule has 2 amide bonds. The van der Waals surface area contributed by atoms with E-state index < -0.39 is 0 Å². The first-order valence-electron chi connectivity index (χ1n) is 8.40. The Morgan fingerprint density at radius 1 is 1.12 bits per heavy atom. The second-order valence-corrected chi connectivity index (χ2v) is 5.81. The molecule has 2 aromatic carbocycles. The Kier molecular flexibility index (Phi) is 6.57. The largest absolute Gasteiger partial charge is 0.494 e. The van der Waals surface area contributed by atoms with Crippen molar-refractivity contribution in [2.75, 3.05) is 23.9 Å². The highest BCUT2D eigenvalue weighted by atomic mass is 16.5. The molecule has 2 rings (SSSR count). The molecule has 2 aromatic rings. The van der Waals surface area contributed by atoms with Crippen LogP contribution in [0.4, 0.5) is 11.4 Å². The maximum atomic E-state index is 12.5. The number of benzene rings is 2. The lowest BCUT2D eigenvalue weighted by Crippen LogP contribution is -2.23. The number of carbonyl (C=O) groups is 2. The molecule has 0 aliphatic heterocycles.